The maximum absolute atomic E-state index is 11.6. The van der Waals surface area contributed by atoms with Gasteiger partial charge in [-0.1, -0.05) is 18.2 Å². The molecule has 0 bridgehead atoms. The number of sulfone groups is 1. The van der Waals surface area contributed by atoms with Gasteiger partial charge in [0, 0.05) is 12.3 Å². The minimum absolute atomic E-state index is 0.218. The number of rotatable bonds is 6. The second kappa shape index (κ2) is 5.87. The van der Waals surface area contributed by atoms with E-state index in [1.807, 2.05) is 19.1 Å². The van der Waals surface area contributed by atoms with Crippen LogP contribution in [0.15, 0.2) is 41.8 Å². The zero-order chi connectivity index (χ0) is 12.9. The number of anilines is 1. The lowest BCUT2D eigenvalue weighted by Crippen LogP contribution is -2.16. The van der Waals surface area contributed by atoms with Crippen molar-refractivity contribution in [2.45, 2.75) is 30.7 Å². The fourth-order valence-corrected chi connectivity index (χ4v) is 2.47. The SMILES string of the molecule is C=CCCC(C)Nc1ccccc1S(C)(=O)=O. The van der Waals surface area contributed by atoms with Gasteiger partial charge in [-0.25, -0.2) is 8.42 Å². The van der Waals surface area contributed by atoms with Crippen LogP contribution in [0.2, 0.25) is 0 Å². The highest BCUT2D eigenvalue weighted by Gasteiger charge is 2.13. The summed E-state index contributed by atoms with van der Waals surface area (Å²) >= 11 is 0. The molecule has 4 heteroatoms. The molecule has 17 heavy (non-hydrogen) atoms. The van der Waals surface area contributed by atoms with Crippen LogP contribution in [0.3, 0.4) is 0 Å². The first-order valence-electron chi connectivity index (χ1n) is 5.61. The van der Waals surface area contributed by atoms with Gasteiger partial charge < -0.3 is 5.32 Å². The van der Waals surface area contributed by atoms with E-state index in [0.717, 1.165) is 12.8 Å². The Bertz CT molecular complexity index is 480. The summed E-state index contributed by atoms with van der Waals surface area (Å²) in [7, 11) is -3.18. The van der Waals surface area contributed by atoms with Crippen LogP contribution in [-0.4, -0.2) is 20.7 Å². The molecule has 0 amide bonds. The van der Waals surface area contributed by atoms with Gasteiger partial charge in [0.05, 0.1) is 10.6 Å². The molecule has 0 saturated carbocycles. The fourth-order valence-electron chi connectivity index (χ4n) is 1.61. The second-order valence-electron chi connectivity index (χ2n) is 4.18. The average Bonchev–Trinajstić information content (AvgIpc) is 2.25. The van der Waals surface area contributed by atoms with E-state index >= 15 is 0 Å². The fraction of sp³-hybridized carbons (Fsp3) is 0.385. The molecule has 1 rings (SSSR count). The predicted molar refractivity (Wildman–Crippen MR) is 72.1 cm³/mol. The highest BCUT2D eigenvalue weighted by Crippen LogP contribution is 2.21. The summed E-state index contributed by atoms with van der Waals surface area (Å²) in [4.78, 5) is 0.352. The van der Waals surface area contributed by atoms with Gasteiger partial charge in [0.1, 0.15) is 0 Å². The van der Waals surface area contributed by atoms with Gasteiger partial charge in [0.15, 0.2) is 9.84 Å². The first-order valence-corrected chi connectivity index (χ1v) is 7.51. The molecule has 0 aliphatic rings. The molecule has 0 fully saturated rings. The van der Waals surface area contributed by atoms with Gasteiger partial charge >= 0.3 is 0 Å². The zero-order valence-corrected chi connectivity index (χ0v) is 11.1. The third kappa shape index (κ3) is 4.23. The van der Waals surface area contributed by atoms with E-state index in [0.29, 0.717) is 10.6 Å². The van der Waals surface area contributed by atoms with Crippen molar-refractivity contribution in [1.82, 2.24) is 0 Å². The first kappa shape index (κ1) is 13.8. The second-order valence-corrected chi connectivity index (χ2v) is 6.16. The molecule has 0 heterocycles. The van der Waals surface area contributed by atoms with Crippen molar-refractivity contribution in [3.05, 3.63) is 36.9 Å². The molecule has 1 N–H and O–H groups in total. The molecule has 0 radical (unpaired) electrons. The van der Waals surface area contributed by atoms with E-state index in [1.165, 1.54) is 6.26 Å². The van der Waals surface area contributed by atoms with Crippen molar-refractivity contribution >= 4 is 15.5 Å². The zero-order valence-electron chi connectivity index (χ0n) is 10.3. The minimum atomic E-state index is -3.18. The maximum atomic E-state index is 11.6. The molecule has 0 saturated heterocycles. The van der Waals surface area contributed by atoms with Crippen molar-refractivity contribution in [3.63, 3.8) is 0 Å². The first-order chi connectivity index (χ1) is 7.95. The Balaban J connectivity index is 2.88. The largest absolute Gasteiger partial charge is 0.382 e. The van der Waals surface area contributed by atoms with E-state index in [4.69, 9.17) is 0 Å². The summed E-state index contributed by atoms with van der Waals surface area (Å²) in [6, 6.07) is 7.20. The molecule has 0 spiro atoms. The third-order valence-corrected chi connectivity index (χ3v) is 3.65. The quantitative estimate of drug-likeness (QED) is 0.793. The molecular formula is C13H19NO2S. The molecule has 1 aromatic carbocycles. The van der Waals surface area contributed by atoms with Gasteiger partial charge in [-0.3, -0.25) is 0 Å². The van der Waals surface area contributed by atoms with Crippen molar-refractivity contribution in [3.8, 4) is 0 Å². The van der Waals surface area contributed by atoms with Crippen LogP contribution < -0.4 is 5.32 Å². The van der Waals surface area contributed by atoms with Crippen molar-refractivity contribution in [2.24, 2.45) is 0 Å². The highest BCUT2D eigenvalue weighted by atomic mass is 32.2. The lowest BCUT2D eigenvalue weighted by atomic mass is 10.1. The Kier molecular flexibility index (Phi) is 4.75. The Morgan fingerprint density at radius 3 is 2.65 bits per heavy atom. The number of hydrogen-bond acceptors (Lipinski definition) is 3. The topological polar surface area (TPSA) is 46.2 Å². The lowest BCUT2D eigenvalue weighted by molar-refractivity contribution is 0.602. The van der Waals surface area contributed by atoms with Crippen LogP contribution in [0.4, 0.5) is 5.69 Å². The Morgan fingerprint density at radius 1 is 1.41 bits per heavy atom. The normalized spacial score (nSPS) is 13.1. The number of allylic oxidation sites excluding steroid dienone is 1. The van der Waals surface area contributed by atoms with Gasteiger partial charge in [-0.2, -0.15) is 0 Å². The van der Waals surface area contributed by atoms with Crippen molar-refractivity contribution in [2.75, 3.05) is 11.6 Å². The molecule has 1 aromatic rings. The molecule has 1 unspecified atom stereocenters. The van der Waals surface area contributed by atoms with Crippen molar-refractivity contribution < 1.29 is 8.42 Å². The van der Waals surface area contributed by atoms with Crippen LogP contribution in [0, 0.1) is 0 Å². The summed E-state index contributed by atoms with van der Waals surface area (Å²) in [6.07, 6.45) is 4.93. The van der Waals surface area contributed by atoms with Crippen LogP contribution in [0.1, 0.15) is 19.8 Å². The monoisotopic (exact) mass is 253 g/mol. The molecule has 1 atom stereocenters. The highest BCUT2D eigenvalue weighted by molar-refractivity contribution is 7.90. The van der Waals surface area contributed by atoms with Crippen molar-refractivity contribution in [1.29, 1.82) is 0 Å². The number of nitrogens with one attached hydrogen (secondary N) is 1. The molecule has 3 nitrogen and oxygen atoms in total. The minimum Gasteiger partial charge on any atom is -0.382 e. The smallest absolute Gasteiger partial charge is 0.177 e. The molecular weight excluding hydrogens is 234 g/mol. The third-order valence-electron chi connectivity index (χ3n) is 2.49. The Morgan fingerprint density at radius 2 is 2.06 bits per heavy atom. The summed E-state index contributed by atoms with van der Waals surface area (Å²) in [5, 5.41) is 3.22. The van der Waals surface area contributed by atoms with Gasteiger partial charge in [0.2, 0.25) is 0 Å². The molecule has 0 aliphatic carbocycles. The van der Waals surface area contributed by atoms with E-state index in [-0.39, 0.29) is 6.04 Å². The molecule has 94 valence electrons. The van der Waals surface area contributed by atoms with E-state index in [2.05, 4.69) is 11.9 Å². The van der Waals surface area contributed by atoms with Gasteiger partial charge in [0.25, 0.3) is 0 Å². The number of benzene rings is 1. The van der Waals surface area contributed by atoms with Gasteiger partial charge in [-0.15, -0.1) is 6.58 Å². The summed E-state index contributed by atoms with van der Waals surface area (Å²) in [5.74, 6) is 0. The summed E-state index contributed by atoms with van der Waals surface area (Å²) < 4.78 is 23.2. The predicted octanol–water partition coefficient (Wildman–Crippen LogP) is 2.86. The Labute approximate surface area is 103 Å². The number of hydrogen-bond donors (Lipinski definition) is 1. The van der Waals surface area contributed by atoms with E-state index < -0.39 is 9.84 Å². The standard InChI is InChI=1S/C13H19NO2S/c1-4-5-8-11(2)14-12-9-6-7-10-13(12)17(3,15)16/h4,6-7,9-11,14H,1,5,8H2,2-3H3. The van der Waals surface area contributed by atoms with Crippen LogP contribution in [-0.2, 0) is 9.84 Å². The van der Waals surface area contributed by atoms with E-state index in [1.54, 1.807) is 18.2 Å². The molecule has 0 aromatic heterocycles. The van der Waals surface area contributed by atoms with Crippen LogP contribution in [0.5, 0.6) is 0 Å². The maximum Gasteiger partial charge on any atom is 0.177 e. The van der Waals surface area contributed by atoms with Crippen LogP contribution in [0.25, 0.3) is 0 Å². The van der Waals surface area contributed by atoms with E-state index in [9.17, 15) is 8.42 Å². The number of para-hydroxylation sites is 1. The molecule has 0 aliphatic heterocycles. The summed E-state index contributed by atoms with van der Waals surface area (Å²) in [6.45, 7) is 5.70. The van der Waals surface area contributed by atoms with Gasteiger partial charge in [-0.05, 0) is 31.9 Å². The Hall–Kier alpha value is -1.29. The summed E-state index contributed by atoms with van der Waals surface area (Å²) in [5.41, 5.74) is 0.673. The lowest BCUT2D eigenvalue weighted by Gasteiger charge is -2.16. The average molecular weight is 253 g/mol. The van der Waals surface area contributed by atoms with Crippen LogP contribution >= 0.6 is 0 Å².